The van der Waals surface area contributed by atoms with Gasteiger partial charge >= 0.3 is 0 Å². The Kier molecular flexibility index (Phi) is 6.67. The van der Waals surface area contributed by atoms with Crippen molar-refractivity contribution in [3.63, 3.8) is 0 Å². The molecular formula is C21H22F2N2O2S. The number of nitrogens with one attached hydrogen (secondary N) is 1. The molecule has 1 atom stereocenters. The number of piperidine rings is 1. The van der Waals surface area contributed by atoms with E-state index in [9.17, 15) is 18.4 Å². The summed E-state index contributed by atoms with van der Waals surface area (Å²) < 4.78 is 27.2. The second-order valence-corrected chi connectivity index (χ2v) is 7.97. The van der Waals surface area contributed by atoms with Crippen LogP contribution in [0.15, 0.2) is 47.4 Å². The highest BCUT2D eigenvalue weighted by Crippen LogP contribution is 2.29. The number of nitrogens with zero attached hydrogens (tertiary/aromatic N) is 1. The van der Waals surface area contributed by atoms with Crippen LogP contribution in [-0.2, 0) is 9.59 Å². The van der Waals surface area contributed by atoms with E-state index in [2.05, 4.69) is 5.43 Å². The Morgan fingerprint density at radius 3 is 2.68 bits per heavy atom. The third-order valence-corrected chi connectivity index (χ3v) is 5.67. The molecule has 0 aliphatic carbocycles. The van der Waals surface area contributed by atoms with Crippen LogP contribution in [-0.4, -0.2) is 29.1 Å². The highest BCUT2D eigenvalue weighted by Gasteiger charge is 2.32. The number of benzene rings is 2. The van der Waals surface area contributed by atoms with Gasteiger partial charge < -0.3 is 0 Å². The molecule has 3 rings (SSSR count). The SMILES string of the molecule is Cc1ccc(SCCC(=O)NN2CCCC(c3ccc(F)cc3F)C2=O)cc1. The van der Waals surface area contributed by atoms with E-state index in [1.807, 2.05) is 31.2 Å². The molecule has 2 amide bonds. The monoisotopic (exact) mass is 404 g/mol. The molecule has 1 heterocycles. The number of hydrogen-bond donors (Lipinski definition) is 1. The van der Waals surface area contributed by atoms with Gasteiger partial charge in [-0.15, -0.1) is 11.8 Å². The van der Waals surface area contributed by atoms with E-state index in [1.165, 1.54) is 16.6 Å². The van der Waals surface area contributed by atoms with Gasteiger partial charge in [-0.1, -0.05) is 23.8 Å². The van der Waals surface area contributed by atoms with Crippen molar-refractivity contribution in [2.24, 2.45) is 0 Å². The summed E-state index contributed by atoms with van der Waals surface area (Å²) >= 11 is 1.57. The van der Waals surface area contributed by atoms with E-state index in [0.717, 1.165) is 17.0 Å². The van der Waals surface area contributed by atoms with E-state index < -0.39 is 17.6 Å². The summed E-state index contributed by atoms with van der Waals surface area (Å²) in [5, 5.41) is 1.26. The molecule has 1 aliphatic rings. The molecule has 1 unspecified atom stereocenters. The molecule has 2 aromatic rings. The number of amides is 2. The normalized spacial score (nSPS) is 16.9. The predicted molar refractivity (Wildman–Crippen MR) is 105 cm³/mol. The van der Waals surface area contributed by atoms with Crippen LogP contribution in [0.25, 0.3) is 0 Å². The Bertz CT molecular complexity index is 858. The number of hydrogen-bond acceptors (Lipinski definition) is 3. The Morgan fingerprint density at radius 2 is 1.96 bits per heavy atom. The van der Waals surface area contributed by atoms with Crippen molar-refractivity contribution in [2.45, 2.75) is 37.0 Å². The standard InChI is InChI=1S/C21H22F2N2O2S/c1-14-4-7-16(8-5-14)28-12-10-20(26)24-25-11-2-3-18(21(25)27)17-9-6-15(22)13-19(17)23/h4-9,13,18H,2-3,10-12H2,1H3,(H,24,26). The first-order valence-electron chi connectivity index (χ1n) is 9.19. The molecule has 1 N–H and O–H groups in total. The quantitative estimate of drug-likeness (QED) is 0.735. The Hall–Kier alpha value is -2.41. The first-order chi connectivity index (χ1) is 13.4. The molecule has 4 nitrogen and oxygen atoms in total. The molecule has 148 valence electrons. The Labute approximate surface area is 167 Å². The topological polar surface area (TPSA) is 49.4 Å². The van der Waals surface area contributed by atoms with E-state index in [4.69, 9.17) is 0 Å². The number of carbonyl (C=O) groups is 2. The lowest BCUT2D eigenvalue weighted by Gasteiger charge is -2.32. The average molecular weight is 404 g/mol. The van der Waals surface area contributed by atoms with Crippen LogP contribution in [0.4, 0.5) is 8.78 Å². The van der Waals surface area contributed by atoms with Gasteiger partial charge in [0.25, 0.3) is 0 Å². The van der Waals surface area contributed by atoms with E-state index in [0.29, 0.717) is 25.1 Å². The van der Waals surface area contributed by atoms with Gasteiger partial charge in [-0.3, -0.25) is 20.0 Å². The van der Waals surface area contributed by atoms with Crippen LogP contribution >= 0.6 is 11.8 Å². The van der Waals surface area contributed by atoms with E-state index >= 15 is 0 Å². The van der Waals surface area contributed by atoms with Gasteiger partial charge in [0, 0.05) is 35.2 Å². The number of aryl methyl sites for hydroxylation is 1. The third kappa shape index (κ3) is 5.10. The minimum atomic E-state index is -0.735. The molecule has 1 saturated heterocycles. The van der Waals surface area contributed by atoms with Crippen LogP contribution in [0.5, 0.6) is 0 Å². The molecule has 0 saturated carbocycles. The Morgan fingerprint density at radius 1 is 1.21 bits per heavy atom. The lowest BCUT2D eigenvalue weighted by Crippen LogP contribution is -2.51. The second-order valence-electron chi connectivity index (χ2n) is 6.80. The zero-order chi connectivity index (χ0) is 20.1. The molecule has 28 heavy (non-hydrogen) atoms. The number of hydrazine groups is 1. The van der Waals surface area contributed by atoms with Crippen LogP contribution < -0.4 is 5.43 Å². The van der Waals surface area contributed by atoms with Crippen LogP contribution in [0.3, 0.4) is 0 Å². The van der Waals surface area contributed by atoms with E-state index in [-0.39, 0.29) is 23.8 Å². The average Bonchev–Trinajstić information content (AvgIpc) is 2.66. The van der Waals surface area contributed by atoms with E-state index in [1.54, 1.807) is 11.8 Å². The number of thioether (sulfide) groups is 1. The molecular weight excluding hydrogens is 382 g/mol. The van der Waals surface area contributed by atoms with Crippen molar-refractivity contribution >= 4 is 23.6 Å². The van der Waals surface area contributed by atoms with Crippen molar-refractivity contribution < 1.29 is 18.4 Å². The van der Waals surface area contributed by atoms with Crippen molar-refractivity contribution in [3.8, 4) is 0 Å². The Balaban J connectivity index is 1.53. The summed E-state index contributed by atoms with van der Waals surface area (Å²) in [6.07, 6.45) is 1.36. The molecule has 2 aromatic carbocycles. The lowest BCUT2D eigenvalue weighted by molar-refractivity contribution is -0.144. The maximum Gasteiger partial charge on any atom is 0.248 e. The summed E-state index contributed by atoms with van der Waals surface area (Å²) in [5.41, 5.74) is 3.98. The number of rotatable bonds is 6. The highest BCUT2D eigenvalue weighted by molar-refractivity contribution is 7.99. The molecule has 0 spiro atoms. The zero-order valence-electron chi connectivity index (χ0n) is 15.6. The summed E-state index contributed by atoms with van der Waals surface area (Å²) in [4.78, 5) is 26.0. The lowest BCUT2D eigenvalue weighted by atomic mass is 9.90. The first-order valence-corrected chi connectivity index (χ1v) is 10.2. The summed E-state index contributed by atoms with van der Waals surface area (Å²) in [6.45, 7) is 2.40. The number of halogens is 2. The van der Waals surface area contributed by atoms with Crippen LogP contribution in [0.2, 0.25) is 0 Å². The van der Waals surface area contributed by atoms with Crippen LogP contribution in [0, 0.1) is 18.6 Å². The van der Waals surface area contributed by atoms with Crippen molar-refractivity contribution in [1.29, 1.82) is 0 Å². The molecule has 1 fully saturated rings. The minimum absolute atomic E-state index is 0.167. The smallest absolute Gasteiger partial charge is 0.248 e. The summed E-state index contributed by atoms with van der Waals surface area (Å²) in [5.74, 6) is -2.16. The van der Waals surface area contributed by atoms with Gasteiger partial charge in [-0.05, 0) is 38.0 Å². The number of carbonyl (C=O) groups excluding carboxylic acids is 2. The van der Waals surface area contributed by atoms with Crippen molar-refractivity contribution in [3.05, 3.63) is 65.2 Å². The van der Waals surface area contributed by atoms with Gasteiger partial charge in [-0.25, -0.2) is 8.78 Å². The maximum absolute atomic E-state index is 14.0. The van der Waals surface area contributed by atoms with Crippen LogP contribution in [0.1, 0.15) is 36.3 Å². The first kappa shape index (κ1) is 20.3. The largest absolute Gasteiger partial charge is 0.273 e. The summed E-state index contributed by atoms with van der Waals surface area (Å²) in [7, 11) is 0. The molecule has 0 aromatic heterocycles. The molecule has 7 heteroatoms. The van der Waals surface area contributed by atoms with Crippen molar-refractivity contribution in [1.82, 2.24) is 10.4 Å². The fourth-order valence-corrected chi connectivity index (χ4v) is 4.01. The van der Waals surface area contributed by atoms with Gasteiger partial charge in [0.2, 0.25) is 11.8 Å². The fourth-order valence-electron chi connectivity index (χ4n) is 3.16. The van der Waals surface area contributed by atoms with Gasteiger partial charge in [0.15, 0.2) is 0 Å². The highest BCUT2D eigenvalue weighted by atomic mass is 32.2. The molecule has 1 aliphatic heterocycles. The van der Waals surface area contributed by atoms with Gasteiger partial charge in [0.05, 0.1) is 5.92 Å². The fraction of sp³-hybridized carbons (Fsp3) is 0.333. The third-order valence-electron chi connectivity index (χ3n) is 4.66. The van der Waals surface area contributed by atoms with Crippen molar-refractivity contribution in [2.75, 3.05) is 12.3 Å². The van der Waals surface area contributed by atoms with Gasteiger partial charge in [0.1, 0.15) is 11.6 Å². The minimum Gasteiger partial charge on any atom is -0.273 e. The maximum atomic E-state index is 14.0. The molecule has 0 bridgehead atoms. The zero-order valence-corrected chi connectivity index (χ0v) is 16.4. The van der Waals surface area contributed by atoms with Gasteiger partial charge in [-0.2, -0.15) is 0 Å². The summed E-state index contributed by atoms with van der Waals surface area (Å²) in [6, 6.07) is 11.3. The predicted octanol–water partition coefficient (Wildman–Crippen LogP) is 4.19. The second kappa shape index (κ2) is 9.19. The molecule has 0 radical (unpaired) electrons.